The molecular formula is C27H35N3O2S. The number of rotatable bonds is 8. The molecule has 0 amide bonds. The van der Waals surface area contributed by atoms with E-state index in [0.29, 0.717) is 17.5 Å². The highest BCUT2D eigenvalue weighted by Crippen LogP contribution is 2.24. The Morgan fingerprint density at radius 3 is 2.12 bits per heavy atom. The minimum absolute atomic E-state index is 0.119. The van der Waals surface area contributed by atoms with Crippen LogP contribution in [-0.4, -0.2) is 62.7 Å². The second-order valence-corrected chi connectivity index (χ2v) is 11.7. The molecule has 0 N–H and O–H groups in total. The molecule has 5 nitrogen and oxygen atoms in total. The van der Waals surface area contributed by atoms with E-state index >= 15 is 0 Å². The van der Waals surface area contributed by atoms with Gasteiger partial charge < -0.3 is 9.80 Å². The number of piperidine rings is 1. The molecule has 0 unspecified atom stereocenters. The third kappa shape index (κ3) is 6.23. The Hall–Kier alpha value is -2.20. The van der Waals surface area contributed by atoms with Crippen molar-refractivity contribution in [3.8, 4) is 17.2 Å². The quantitative estimate of drug-likeness (QED) is 0.579. The van der Waals surface area contributed by atoms with Gasteiger partial charge in [0.2, 0.25) is 0 Å². The number of nitrogens with zero attached hydrogens (tertiary/aromatic N) is 3. The van der Waals surface area contributed by atoms with Gasteiger partial charge in [-0.05, 0) is 87.5 Å². The molecule has 6 heteroatoms. The van der Waals surface area contributed by atoms with Gasteiger partial charge in [0, 0.05) is 25.0 Å². The van der Waals surface area contributed by atoms with Crippen LogP contribution < -0.4 is 0 Å². The van der Waals surface area contributed by atoms with Crippen molar-refractivity contribution in [3.05, 3.63) is 54.1 Å². The monoisotopic (exact) mass is 465 g/mol. The minimum atomic E-state index is -3.32. The number of benzene rings is 2. The Morgan fingerprint density at radius 1 is 0.909 bits per heavy atom. The fourth-order valence-electron chi connectivity index (χ4n) is 4.97. The highest BCUT2D eigenvalue weighted by atomic mass is 32.2. The van der Waals surface area contributed by atoms with Gasteiger partial charge in [0.1, 0.15) is 0 Å². The van der Waals surface area contributed by atoms with E-state index < -0.39 is 9.84 Å². The van der Waals surface area contributed by atoms with Crippen LogP contribution in [-0.2, 0) is 16.3 Å². The lowest BCUT2D eigenvalue weighted by atomic mass is 9.99. The van der Waals surface area contributed by atoms with E-state index in [1.807, 2.05) is 12.1 Å². The molecule has 2 heterocycles. The van der Waals surface area contributed by atoms with Gasteiger partial charge in [-0.2, -0.15) is 5.26 Å². The van der Waals surface area contributed by atoms with Crippen LogP contribution in [0.2, 0.25) is 0 Å². The van der Waals surface area contributed by atoms with Crippen LogP contribution >= 0.6 is 0 Å². The summed E-state index contributed by atoms with van der Waals surface area (Å²) >= 11 is 0. The fourth-order valence-corrected chi connectivity index (χ4v) is 6.25. The standard InChI is InChI=1S/C27H35N3O2S/c1-22-3-2-15-30(22)18-14-23-4-6-25(7-5-23)26-8-10-27(11-9-26)33(31,32)20-19-29-16-12-24(21-28)13-17-29/h4-11,22,24H,2-3,12-20H2,1H3/t22-/m1/s1. The highest BCUT2D eigenvalue weighted by molar-refractivity contribution is 7.91. The summed E-state index contributed by atoms with van der Waals surface area (Å²) in [6.45, 7) is 6.79. The molecule has 0 aliphatic carbocycles. The maximum Gasteiger partial charge on any atom is 0.179 e. The lowest BCUT2D eigenvalue weighted by Gasteiger charge is -2.28. The average Bonchev–Trinajstić information content (AvgIpc) is 3.27. The lowest BCUT2D eigenvalue weighted by Crippen LogP contribution is -2.36. The molecule has 2 aromatic rings. The number of hydrogen-bond acceptors (Lipinski definition) is 5. The highest BCUT2D eigenvalue weighted by Gasteiger charge is 2.22. The van der Waals surface area contributed by atoms with Crippen molar-refractivity contribution in [1.82, 2.24) is 9.80 Å². The number of nitriles is 1. The summed E-state index contributed by atoms with van der Waals surface area (Å²) in [4.78, 5) is 5.11. The third-order valence-corrected chi connectivity index (χ3v) is 9.04. The third-order valence-electron chi connectivity index (χ3n) is 7.33. The SMILES string of the molecule is C[C@@H]1CCCN1CCc1ccc(-c2ccc(S(=O)(=O)CCN3CCC(C#N)CC3)cc2)cc1. The zero-order valence-electron chi connectivity index (χ0n) is 19.6. The average molecular weight is 466 g/mol. The first-order valence-corrected chi connectivity index (χ1v) is 13.9. The second kappa shape index (κ2) is 10.8. The number of likely N-dealkylation sites (tertiary alicyclic amines) is 2. The van der Waals surface area contributed by atoms with E-state index in [1.165, 1.54) is 24.9 Å². The molecule has 0 radical (unpaired) electrons. The molecule has 2 fully saturated rings. The molecular weight excluding hydrogens is 430 g/mol. The Labute approximate surface area is 198 Å². The van der Waals surface area contributed by atoms with E-state index in [1.54, 1.807) is 12.1 Å². The Morgan fingerprint density at radius 2 is 1.55 bits per heavy atom. The van der Waals surface area contributed by atoms with Crippen LogP contribution in [0.25, 0.3) is 11.1 Å². The summed E-state index contributed by atoms with van der Waals surface area (Å²) < 4.78 is 25.6. The van der Waals surface area contributed by atoms with Crippen LogP contribution in [0.1, 0.15) is 38.2 Å². The lowest BCUT2D eigenvalue weighted by molar-refractivity contribution is 0.216. The molecule has 0 spiro atoms. The molecule has 0 aromatic heterocycles. The Balaban J connectivity index is 1.31. The van der Waals surface area contributed by atoms with Gasteiger partial charge >= 0.3 is 0 Å². The van der Waals surface area contributed by atoms with Gasteiger partial charge in [-0.1, -0.05) is 36.4 Å². The van der Waals surface area contributed by atoms with Crippen molar-refractivity contribution in [2.45, 2.75) is 50.0 Å². The summed E-state index contributed by atoms with van der Waals surface area (Å²) in [6, 6.07) is 19.0. The molecule has 4 rings (SSSR count). The van der Waals surface area contributed by atoms with E-state index in [9.17, 15) is 8.42 Å². The summed E-state index contributed by atoms with van der Waals surface area (Å²) in [5.41, 5.74) is 3.49. The maximum atomic E-state index is 12.8. The topological polar surface area (TPSA) is 64.4 Å². The molecule has 33 heavy (non-hydrogen) atoms. The normalized spacial score (nSPS) is 20.7. The van der Waals surface area contributed by atoms with E-state index in [0.717, 1.165) is 50.0 Å². The molecule has 2 aliphatic rings. The molecule has 0 bridgehead atoms. The van der Waals surface area contributed by atoms with Gasteiger partial charge in [0.05, 0.1) is 16.7 Å². The van der Waals surface area contributed by atoms with Crippen molar-refractivity contribution >= 4 is 9.84 Å². The number of hydrogen-bond donors (Lipinski definition) is 0. The molecule has 176 valence electrons. The molecule has 2 saturated heterocycles. The van der Waals surface area contributed by atoms with Gasteiger partial charge in [-0.15, -0.1) is 0 Å². The first kappa shape index (κ1) is 23.9. The Bertz CT molecular complexity index is 1050. The number of sulfone groups is 1. The summed E-state index contributed by atoms with van der Waals surface area (Å²) in [5.74, 6) is 0.238. The Kier molecular flexibility index (Phi) is 7.85. The van der Waals surface area contributed by atoms with Crippen LogP contribution in [0.5, 0.6) is 0 Å². The summed E-state index contributed by atoms with van der Waals surface area (Å²) in [7, 11) is -3.32. The van der Waals surface area contributed by atoms with Crippen LogP contribution in [0.15, 0.2) is 53.4 Å². The smallest absolute Gasteiger partial charge is 0.179 e. The summed E-state index contributed by atoms with van der Waals surface area (Å²) in [5, 5.41) is 9.01. The van der Waals surface area contributed by atoms with Gasteiger partial charge in [0.25, 0.3) is 0 Å². The zero-order chi connectivity index (χ0) is 23.3. The first-order valence-electron chi connectivity index (χ1n) is 12.2. The van der Waals surface area contributed by atoms with Crippen molar-refractivity contribution in [2.75, 3.05) is 38.5 Å². The van der Waals surface area contributed by atoms with Crippen molar-refractivity contribution in [2.24, 2.45) is 5.92 Å². The van der Waals surface area contributed by atoms with Gasteiger partial charge in [-0.25, -0.2) is 8.42 Å². The second-order valence-electron chi connectivity index (χ2n) is 9.56. The minimum Gasteiger partial charge on any atom is -0.302 e. The predicted octanol–water partition coefficient (Wildman–Crippen LogP) is 4.39. The van der Waals surface area contributed by atoms with Crippen molar-refractivity contribution in [1.29, 1.82) is 5.26 Å². The van der Waals surface area contributed by atoms with Crippen molar-refractivity contribution < 1.29 is 8.42 Å². The molecule has 0 saturated carbocycles. The van der Waals surface area contributed by atoms with Crippen molar-refractivity contribution in [3.63, 3.8) is 0 Å². The van der Waals surface area contributed by atoms with E-state index in [-0.39, 0.29) is 11.7 Å². The molecule has 2 aliphatic heterocycles. The molecule has 2 aromatic carbocycles. The van der Waals surface area contributed by atoms with Crippen LogP contribution in [0.3, 0.4) is 0 Å². The van der Waals surface area contributed by atoms with Crippen LogP contribution in [0.4, 0.5) is 0 Å². The molecule has 1 atom stereocenters. The largest absolute Gasteiger partial charge is 0.302 e. The summed E-state index contributed by atoms with van der Waals surface area (Å²) in [6.07, 6.45) is 5.36. The van der Waals surface area contributed by atoms with E-state index in [4.69, 9.17) is 5.26 Å². The van der Waals surface area contributed by atoms with Gasteiger partial charge in [0.15, 0.2) is 9.84 Å². The van der Waals surface area contributed by atoms with Gasteiger partial charge in [-0.3, -0.25) is 0 Å². The fraction of sp³-hybridized carbons (Fsp3) is 0.519. The zero-order valence-corrected chi connectivity index (χ0v) is 20.4. The first-order chi connectivity index (χ1) is 15.9. The van der Waals surface area contributed by atoms with E-state index in [2.05, 4.69) is 47.1 Å². The predicted molar refractivity (Wildman–Crippen MR) is 133 cm³/mol. The van der Waals surface area contributed by atoms with Crippen LogP contribution in [0, 0.1) is 17.2 Å². The maximum absolute atomic E-state index is 12.8.